The lowest BCUT2D eigenvalue weighted by Crippen LogP contribution is -2.48. The molecule has 2 aliphatic heterocycles. The Morgan fingerprint density at radius 3 is 2.14 bits per heavy atom. The zero-order chi connectivity index (χ0) is 8.39. The van der Waals surface area contributed by atoms with E-state index in [0.29, 0.717) is 6.04 Å². The van der Waals surface area contributed by atoms with Gasteiger partial charge in [0.05, 0.1) is 19.3 Å². The van der Waals surface area contributed by atoms with Gasteiger partial charge in [0.1, 0.15) is 0 Å². The molecule has 0 aromatic rings. The number of halogens is 2. The van der Waals surface area contributed by atoms with Crippen LogP contribution < -0.4 is 5.73 Å². The van der Waals surface area contributed by atoms with Gasteiger partial charge in [-0.05, 0) is 25.9 Å². The van der Waals surface area contributed by atoms with Crippen molar-refractivity contribution >= 4 is 24.8 Å². The van der Waals surface area contributed by atoms with Gasteiger partial charge in [0, 0.05) is 6.04 Å². The van der Waals surface area contributed by atoms with Gasteiger partial charge in [-0.1, -0.05) is 6.42 Å². The Morgan fingerprint density at radius 2 is 1.64 bits per heavy atom. The van der Waals surface area contributed by atoms with Crippen LogP contribution in [0.25, 0.3) is 0 Å². The second kappa shape index (κ2) is 6.85. The van der Waals surface area contributed by atoms with Crippen molar-refractivity contribution in [3.8, 4) is 0 Å². The van der Waals surface area contributed by atoms with Gasteiger partial charge in [-0.2, -0.15) is 0 Å². The molecular weight excluding hydrogens is 223 g/mol. The average Bonchev–Trinajstić information content (AvgIpc) is 2.53. The molecule has 0 amide bonds. The molecule has 0 spiro atoms. The van der Waals surface area contributed by atoms with Crippen molar-refractivity contribution < 1.29 is 4.74 Å². The summed E-state index contributed by atoms with van der Waals surface area (Å²) in [5, 5.41) is 0. The molecule has 2 saturated heterocycles. The highest BCUT2D eigenvalue weighted by molar-refractivity contribution is 5.85. The maximum absolute atomic E-state index is 5.94. The highest BCUT2D eigenvalue weighted by Gasteiger charge is 2.30. The summed E-state index contributed by atoms with van der Waals surface area (Å²) in [6.45, 7) is 4.05. The van der Waals surface area contributed by atoms with Crippen molar-refractivity contribution in [3.63, 3.8) is 0 Å². The van der Waals surface area contributed by atoms with E-state index in [1.807, 2.05) is 0 Å². The van der Waals surface area contributed by atoms with Crippen LogP contribution in [-0.2, 0) is 4.74 Å². The van der Waals surface area contributed by atoms with Crippen molar-refractivity contribution in [2.24, 2.45) is 5.73 Å². The average molecular weight is 243 g/mol. The van der Waals surface area contributed by atoms with Gasteiger partial charge in [-0.25, -0.2) is 0 Å². The molecule has 0 aliphatic carbocycles. The predicted molar refractivity (Wildman–Crippen MR) is 62.5 cm³/mol. The summed E-state index contributed by atoms with van der Waals surface area (Å²) in [4.78, 5) is 2.50. The summed E-state index contributed by atoms with van der Waals surface area (Å²) in [6.07, 6.45) is 4.06. The monoisotopic (exact) mass is 242 g/mol. The second-order valence-corrected chi connectivity index (χ2v) is 3.87. The number of nitrogens with zero attached hydrogens (tertiary/aromatic N) is 1. The second-order valence-electron chi connectivity index (χ2n) is 3.87. The van der Waals surface area contributed by atoms with E-state index in [1.165, 1.54) is 32.4 Å². The minimum Gasteiger partial charge on any atom is -0.378 e. The fourth-order valence-electron chi connectivity index (χ4n) is 2.19. The SMILES string of the molecule is Cl.Cl.N[C@H]1COC[C@@H]1N1CCCCC1. The molecule has 0 aromatic heterocycles. The predicted octanol–water partition coefficient (Wildman–Crippen LogP) is 1.04. The minimum absolute atomic E-state index is 0. The van der Waals surface area contributed by atoms with Crippen LogP contribution in [-0.4, -0.2) is 43.3 Å². The van der Waals surface area contributed by atoms with Gasteiger partial charge in [-0.3, -0.25) is 4.90 Å². The number of hydrogen-bond donors (Lipinski definition) is 1. The molecule has 2 N–H and O–H groups in total. The molecule has 2 atom stereocenters. The summed E-state index contributed by atoms with van der Waals surface area (Å²) in [6, 6.07) is 0.758. The van der Waals surface area contributed by atoms with Crippen LogP contribution in [0.3, 0.4) is 0 Å². The lowest BCUT2D eigenvalue weighted by molar-refractivity contribution is 0.126. The maximum Gasteiger partial charge on any atom is 0.0638 e. The smallest absolute Gasteiger partial charge is 0.0638 e. The Morgan fingerprint density at radius 1 is 1.00 bits per heavy atom. The molecule has 2 aliphatic rings. The van der Waals surface area contributed by atoms with Gasteiger partial charge in [-0.15, -0.1) is 24.8 Å². The van der Waals surface area contributed by atoms with Crippen LogP contribution in [0.1, 0.15) is 19.3 Å². The minimum atomic E-state index is 0. The van der Waals surface area contributed by atoms with Crippen molar-refractivity contribution in [2.75, 3.05) is 26.3 Å². The Kier molecular flexibility index (Phi) is 7.08. The zero-order valence-corrected chi connectivity index (χ0v) is 9.99. The third kappa shape index (κ3) is 3.24. The third-order valence-electron chi connectivity index (χ3n) is 2.95. The first-order valence-corrected chi connectivity index (χ1v) is 4.95. The van der Waals surface area contributed by atoms with E-state index in [1.54, 1.807) is 0 Å². The lowest BCUT2D eigenvalue weighted by atomic mass is 10.1. The number of likely N-dealkylation sites (tertiary alicyclic amines) is 1. The number of rotatable bonds is 1. The molecule has 0 bridgehead atoms. The van der Waals surface area contributed by atoms with Crippen molar-refractivity contribution in [2.45, 2.75) is 31.3 Å². The molecular formula is C9H20Cl2N2O. The molecule has 2 rings (SSSR count). The largest absolute Gasteiger partial charge is 0.378 e. The van der Waals surface area contributed by atoms with Crippen LogP contribution in [0.5, 0.6) is 0 Å². The van der Waals surface area contributed by atoms with E-state index >= 15 is 0 Å². The summed E-state index contributed by atoms with van der Waals surface area (Å²) in [5.41, 5.74) is 5.94. The van der Waals surface area contributed by atoms with E-state index in [-0.39, 0.29) is 30.9 Å². The topological polar surface area (TPSA) is 38.5 Å². The van der Waals surface area contributed by atoms with Crippen molar-refractivity contribution in [1.82, 2.24) is 4.90 Å². The Balaban J connectivity index is 0.000000845. The summed E-state index contributed by atoms with van der Waals surface area (Å²) >= 11 is 0. The molecule has 0 unspecified atom stereocenters. The zero-order valence-electron chi connectivity index (χ0n) is 8.35. The maximum atomic E-state index is 5.94. The van der Waals surface area contributed by atoms with Crippen LogP contribution in [0, 0.1) is 0 Å². The third-order valence-corrected chi connectivity index (χ3v) is 2.95. The van der Waals surface area contributed by atoms with Crippen LogP contribution >= 0.6 is 24.8 Å². The Bertz CT molecular complexity index is 154. The quantitative estimate of drug-likeness (QED) is 0.748. The van der Waals surface area contributed by atoms with E-state index in [9.17, 15) is 0 Å². The molecule has 14 heavy (non-hydrogen) atoms. The molecule has 0 saturated carbocycles. The number of piperidine rings is 1. The standard InChI is InChI=1S/C9H18N2O.2ClH/c10-8-6-12-7-9(8)11-4-2-1-3-5-11;;/h8-9H,1-7,10H2;2*1H/t8-,9-;;/m0../s1. The number of nitrogens with two attached hydrogens (primary N) is 1. The molecule has 86 valence electrons. The van der Waals surface area contributed by atoms with Gasteiger partial charge in [0.25, 0.3) is 0 Å². The van der Waals surface area contributed by atoms with Crippen molar-refractivity contribution in [3.05, 3.63) is 0 Å². The van der Waals surface area contributed by atoms with E-state index in [0.717, 1.165) is 13.2 Å². The summed E-state index contributed by atoms with van der Waals surface area (Å²) < 4.78 is 5.36. The highest BCUT2D eigenvalue weighted by Crippen LogP contribution is 2.17. The molecule has 2 heterocycles. The first-order valence-electron chi connectivity index (χ1n) is 4.95. The molecule has 2 fully saturated rings. The van der Waals surface area contributed by atoms with Gasteiger partial charge in [0.15, 0.2) is 0 Å². The fourth-order valence-corrected chi connectivity index (χ4v) is 2.19. The normalized spacial score (nSPS) is 33.2. The van der Waals surface area contributed by atoms with Crippen molar-refractivity contribution in [1.29, 1.82) is 0 Å². The van der Waals surface area contributed by atoms with Gasteiger partial charge < -0.3 is 10.5 Å². The Labute approximate surface area is 98.2 Å². The highest BCUT2D eigenvalue weighted by atomic mass is 35.5. The van der Waals surface area contributed by atoms with E-state index < -0.39 is 0 Å². The van der Waals surface area contributed by atoms with Gasteiger partial charge in [0.2, 0.25) is 0 Å². The van der Waals surface area contributed by atoms with Crippen LogP contribution in [0.15, 0.2) is 0 Å². The summed E-state index contributed by atoms with van der Waals surface area (Å²) in [7, 11) is 0. The molecule has 3 nitrogen and oxygen atoms in total. The molecule has 0 aromatic carbocycles. The number of hydrogen-bond acceptors (Lipinski definition) is 3. The number of ether oxygens (including phenoxy) is 1. The first-order chi connectivity index (χ1) is 5.88. The first kappa shape index (κ1) is 14.5. The molecule has 0 radical (unpaired) electrons. The molecule has 5 heteroatoms. The lowest BCUT2D eigenvalue weighted by Gasteiger charge is -2.33. The van der Waals surface area contributed by atoms with E-state index in [4.69, 9.17) is 10.5 Å². The Hall–Kier alpha value is 0.460. The summed E-state index contributed by atoms with van der Waals surface area (Å²) in [5.74, 6) is 0. The van der Waals surface area contributed by atoms with Gasteiger partial charge >= 0.3 is 0 Å². The van der Waals surface area contributed by atoms with Crippen LogP contribution in [0.4, 0.5) is 0 Å². The van der Waals surface area contributed by atoms with E-state index in [2.05, 4.69) is 4.90 Å². The van der Waals surface area contributed by atoms with Crippen LogP contribution in [0.2, 0.25) is 0 Å². The fraction of sp³-hybridized carbons (Fsp3) is 1.00.